The van der Waals surface area contributed by atoms with Crippen LogP contribution >= 0.6 is 0 Å². The van der Waals surface area contributed by atoms with Gasteiger partial charge in [0.05, 0.1) is 5.69 Å². The van der Waals surface area contributed by atoms with Crippen LogP contribution in [0.1, 0.15) is 16.1 Å². The smallest absolute Gasteiger partial charge is 0.267 e. The van der Waals surface area contributed by atoms with Gasteiger partial charge in [0.2, 0.25) is 11.8 Å². The molecule has 0 spiro atoms. The highest BCUT2D eigenvalue weighted by molar-refractivity contribution is 5.94. The molecule has 0 fully saturated rings. The van der Waals surface area contributed by atoms with Crippen LogP contribution in [0.3, 0.4) is 0 Å². The van der Waals surface area contributed by atoms with Crippen LogP contribution in [0.25, 0.3) is 0 Å². The number of hydrogen-bond acceptors (Lipinski definition) is 4. The molecular weight excluding hydrogens is 272 g/mol. The third-order valence-corrected chi connectivity index (χ3v) is 2.75. The number of nitrogens with one attached hydrogen (secondary N) is 1. The summed E-state index contributed by atoms with van der Waals surface area (Å²) in [6.07, 6.45) is 0. The third kappa shape index (κ3) is 3.75. The number of primary amides is 1. The Morgan fingerprint density at radius 2 is 1.86 bits per heavy atom. The lowest BCUT2D eigenvalue weighted by Crippen LogP contribution is -2.29. The van der Waals surface area contributed by atoms with E-state index in [0.717, 1.165) is 4.68 Å². The van der Waals surface area contributed by atoms with Crippen molar-refractivity contribution in [3.8, 4) is 0 Å². The van der Waals surface area contributed by atoms with Gasteiger partial charge in [-0.2, -0.15) is 5.10 Å². The minimum Gasteiger partial charge on any atom is -0.366 e. The number of carbonyl (C=O) groups is 2. The van der Waals surface area contributed by atoms with E-state index in [1.165, 1.54) is 18.2 Å². The van der Waals surface area contributed by atoms with E-state index in [0.29, 0.717) is 16.9 Å². The zero-order valence-electron chi connectivity index (χ0n) is 11.4. The first-order valence-corrected chi connectivity index (χ1v) is 6.20. The Labute approximate surface area is 120 Å². The molecule has 1 heterocycles. The number of amides is 2. The molecule has 0 aliphatic rings. The van der Waals surface area contributed by atoms with Crippen molar-refractivity contribution in [2.24, 2.45) is 5.73 Å². The first kappa shape index (κ1) is 14.4. The largest absolute Gasteiger partial charge is 0.366 e. The van der Waals surface area contributed by atoms with Gasteiger partial charge in [-0.05, 0) is 37.3 Å². The van der Waals surface area contributed by atoms with Crippen molar-refractivity contribution in [3.63, 3.8) is 0 Å². The average molecular weight is 286 g/mol. The minimum atomic E-state index is -0.539. The number of carbonyl (C=O) groups excluding carboxylic acids is 2. The first-order valence-electron chi connectivity index (χ1n) is 6.20. The van der Waals surface area contributed by atoms with Gasteiger partial charge in [0.15, 0.2) is 0 Å². The molecule has 0 saturated carbocycles. The molecule has 2 amide bonds. The number of anilines is 1. The summed E-state index contributed by atoms with van der Waals surface area (Å²) in [5.41, 5.74) is 6.28. The van der Waals surface area contributed by atoms with E-state index in [-0.39, 0.29) is 18.0 Å². The van der Waals surface area contributed by atoms with E-state index in [4.69, 9.17) is 5.73 Å². The predicted octanol–water partition coefficient (Wildman–Crippen LogP) is 0.289. The fraction of sp³-hybridized carbons (Fsp3) is 0.143. The molecule has 0 unspecified atom stereocenters. The van der Waals surface area contributed by atoms with Crippen molar-refractivity contribution >= 4 is 17.5 Å². The van der Waals surface area contributed by atoms with E-state index < -0.39 is 5.91 Å². The van der Waals surface area contributed by atoms with E-state index in [2.05, 4.69) is 10.4 Å². The second kappa shape index (κ2) is 6.00. The van der Waals surface area contributed by atoms with Gasteiger partial charge in [-0.15, -0.1) is 0 Å². The Bertz CT molecular complexity index is 735. The van der Waals surface area contributed by atoms with Crippen LogP contribution in [-0.4, -0.2) is 21.6 Å². The van der Waals surface area contributed by atoms with Crippen molar-refractivity contribution in [3.05, 3.63) is 58.0 Å². The highest BCUT2D eigenvalue weighted by atomic mass is 16.2. The van der Waals surface area contributed by atoms with Gasteiger partial charge in [-0.1, -0.05) is 0 Å². The van der Waals surface area contributed by atoms with Crippen LogP contribution in [0.4, 0.5) is 5.69 Å². The van der Waals surface area contributed by atoms with Crippen LogP contribution in [0.2, 0.25) is 0 Å². The lowest BCUT2D eigenvalue weighted by Gasteiger charge is -2.07. The summed E-state index contributed by atoms with van der Waals surface area (Å²) >= 11 is 0. The van der Waals surface area contributed by atoms with E-state index >= 15 is 0 Å². The van der Waals surface area contributed by atoms with Gasteiger partial charge < -0.3 is 11.1 Å². The summed E-state index contributed by atoms with van der Waals surface area (Å²) in [6, 6.07) is 9.08. The Kier molecular flexibility index (Phi) is 4.13. The molecule has 21 heavy (non-hydrogen) atoms. The van der Waals surface area contributed by atoms with Crippen molar-refractivity contribution in [1.82, 2.24) is 9.78 Å². The topological polar surface area (TPSA) is 107 Å². The number of rotatable bonds is 4. The van der Waals surface area contributed by atoms with Gasteiger partial charge >= 0.3 is 0 Å². The van der Waals surface area contributed by atoms with Gasteiger partial charge in [-0.25, -0.2) is 4.68 Å². The minimum absolute atomic E-state index is 0.182. The van der Waals surface area contributed by atoms with Crippen molar-refractivity contribution < 1.29 is 9.59 Å². The molecule has 0 radical (unpaired) electrons. The van der Waals surface area contributed by atoms with Gasteiger partial charge in [0, 0.05) is 17.3 Å². The van der Waals surface area contributed by atoms with Gasteiger partial charge in [-0.3, -0.25) is 14.4 Å². The SMILES string of the molecule is Cc1ccc(=O)n(CC(=O)Nc2ccc(C(N)=O)cc2)n1. The molecule has 7 nitrogen and oxygen atoms in total. The fourth-order valence-electron chi connectivity index (χ4n) is 1.72. The number of aryl methyl sites for hydroxylation is 1. The number of benzene rings is 1. The Hall–Kier alpha value is -2.96. The summed E-state index contributed by atoms with van der Waals surface area (Å²) in [4.78, 5) is 34.3. The zero-order chi connectivity index (χ0) is 15.4. The molecule has 3 N–H and O–H groups in total. The van der Waals surface area contributed by atoms with Crippen molar-refractivity contribution in [1.29, 1.82) is 0 Å². The van der Waals surface area contributed by atoms with Crippen LogP contribution in [0, 0.1) is 6.92 Å². The molecule has 2 aromatic rings. The quantitative estimate of drug-likeness (QED) is 0.842. The number of aromatic nitrogens is 2. The molecule has 0 bridgehead atoms. The highest BCUT2D eigenvalue weighted by Gasteiger charge is 2.07. The molecule has 0 atom stereocenters. The molecular formula is C14H14N4O3. The Balaban J connectivity index is 2.06. The maximum Gasteiger partial charge on any atom is 0.267 e. The molecule has 1 aromatic carbocycles. The molecule has 108 valence electrons. The maximum absolute atomic E-state index is 11.9. The van der Waals surface area contributed by atoms with Gasteiger partial charge in [0.25, 0.3) is 5.56 Å². The molecule has 0 aliphatic heterocycles. The second-order valence-electron chi connectivity index (χ2n) is 4.46. The second-order valence-corrected chi connectivity index (χ2v) is 4.46. The summed E-state index contributed by atoms with van der Waals surface area (Å²) in [6.45, 7) is 1.55. The maximum atomic E-state index is 11.9. The molecule has 1 aromatic heterocycles. The van der Waals surface area contributed by atoms with Crippen LogP contribution < -0.4 is 16.6 Å². The standard InChI is InChI=1S/C14H14N4O3/c1-9-2-7-13(20)18(17-9)8-12(19)16-11-5-3-10(4-6-11)14(15)21/h2-7H,8H2,1H3,(H2,15,21)(H,16,19). The average Bonchev–Trinajstić information content (AvgIpc) is 2.43. The molecule has 0 aliphatic carbocycles. The Morgan fingerprint density at radius 1 is 1.19 bits per heavy atom. The van der Waals surface area contributed by atoms with Crippen molar-refractivity contribution in [2.45, 2.75) is 13.5 Å². The predicted molar refractivity (Wildman–Crippen MR) is 76.8 cm³/mol. The summed E-state index contributed by atoms with van der Waals surface area (Å²) in [5, 5.41) is 6.59. The van der Waals surface area contributed by atoms with E-state index in [1.807, 2.05) is 0 Å². The summed E-state index contributed by atoms with van der Waals surface area (Å²) in [5.74, 6) is -0.926. The summed E-state index contributed by atoms with van der Waals surface area (Å²) in [7, 11) is 0. The number of nitrogens with two attached hydrogens (primary N) is 1. The van der Waals surface area contributed by atoms with Crippen LogP contribution in [-0.2, 0) is 11.3 Å². The number of hydrogen-bond donors (Lipinski definition) is 2. The molecule has 0 saturated heterocycles. The van der Waals surface area contributed by atoms with Crippen LogP contribution in [0.15, 0.2) is 41.2 Å². The lowest BCUT2D eigenvalue weighted by atomic mass is 10.2. The normalized spacial score (nSPS) is 10.1. The van der Waals surface area contributed by atoms with Crippen LogP contribution in [0.5, 0.6) is 0 Å². The highest BCUT2D eigenvalue weighted by Crippen LogP contribution is 2.09. The third-order valence-electron chi connectivity index (χ3n) is 2.75. The Morgan fingerprint density at radius 3 is 2.48 bits per heavy atom. The summed E-state index contributed by atoms with van der Waals surface area (Å²) < 4.78 is 1.09. The van der Waals surface area contributed by atoms with Crippen molar-refractivity contribution in [2.75, 3.05) is 5.32 Å². The zero-order valence-corrected chi connectivity index (χ0v) is 11.4. The molecule has 7 heteroatoms. The monoisotopic (exact) mass is 286 g/mol. The van der Waals surface area contributed by atoms with E-state index in [9.17, 15) is 14.4 Å². The molecule has 2 rings (SSSR count). The van der Waals surface area contributed by atoms with E-state index in [1.54, 1.807) is 25.1 Å². The van der Waals surface area contributed by atoms with Gasteiger partial charge in [0.1, 0.15) is 6.54 Å². The first-order chi connectivity index (χ1) is 9.95. The lowest BCUT2D eigenvalue weighted by molar-refractivity contribution is -0.117. The fourth-order valence-corrected chi connectivity index (χ4v) is 1.72. The number of nitrogens with zero attached hydrogens (tertiary/aromatic N) is 2.